The van der Waals surface area contributed by atoms with Gasteiger partial charge in [-0.15, -0.1) is 11.3 Å². The monoisotopic (exact) mass is 217 g/mol. The van der Waals surface area contributed by atoms with E-state index >= 15 is 0 Å². The van der Waals surface area contributed by atoms with Gasteiger partial charge in [-0.05, 0) is 24.4 Å². The van der Waals surface area contributed by atoms with Gasteiger partial charge in [-0.1, -0.05) is 11.6 Å². The molecule has 1 atom stereocenters. The van der Waals surface area contributed by atoms with E-state index in [0.29, 0.717) is 0 Å². The molecule has 0 spiro atoms. The molecule has 13 heavy (non-hydrogen) atoms. The van der Waals surface area contributed by atoms with Crippen LogP contribution >= 0.6 is 22.9 Å². The summed E-state index contributed by atoms with van der Waals surface area (Å²) in [4.78, 5) is 0. The average Bonchev–Trinajstić information content (AvgIpc) is 2.43. The number of thiophene rings is 1. The smallest absolute Gasteiger partial charge is 0.0977 e. The van der Waals surface area contributed by atoms with Gasteiger partial charge < -0.3 is 10.1 Å². The third-order valence-electron chi connectivity index (χ3n) is 2.16. The summed E-state index contributed by atoms with van der Waals surface area (Å²) < 4.78 is 6.35. The van der Waals surface area contributed by atoms with Gasteiger partial charge in [-0.25, -0.2) is 0 Å². The van der Waals surface area contributed by atoms with Gasteiger partial charge >= 0.3 is 0 Å². The fraction of sp³-hybridized carbons (Fsp3) is 0.556. The van der Waals surface area contributed by atoms with Crippen LogP contribution in [0.4, 0.5) is 0 Å². The molecule has 1 fully saturated rings. The van der Waals surface area contributed by atoms with Crippen LogP contribution in [0.15, 0.2) is 11.4 Å². The highest BCUT2D eigenvalue weighted by atomic mass is 35.5. The molecule has 1 unspecified atom stereocenters. The van der Waals surface area contributed by atoms with Gasteiger partial charge in [-0.3, -0.25) is 0 Å². The molecule has 0 radical (unpaired) electrons. The molecule has 1 aliphatic rings. The number of nitrogens with one attached hydrogen (secondary N) is 1. The average molecular weight is 218 g/mol. The Balaban J connectivity index is 2.10. The predicted molar refractivity (Wildman–Crippen MR) is 55.5 cm³/mol. The van der Waals surface area contributed by atoms with Crippen molar-refractivity contribution in [2.24, 2.45) is 0 Å². The van der Waals surface area contributed by atoms with E-state index in [1.54, 1.807) is 11.3 Å². The largest absolute Gasteiger partial charge is 0.379 e. The van der Waals surface area contributed by atoms with Crippen molar-refractivity contribution in [3.8, 4) is 0 Å². The molecule has 1 aromatic heterocycles. The molecule has 1 N–H and O–H groups in total. The van der Waals surface area contributed by atoms with Gasteiger partial charge in [-0.2, -0.15) is 0 Å². The molecule has 0 bridgehead atoms. The summed E-state index contributed by atoms with van der Waals surface area (Å²) in [6.45, 7) is 2.60. The Morgan fingerprint density at radius 1 is 1.62 bits per heavy atom. The minimum atomic E-state index is 0.279. The zero-order chi connectivity index (χ0) is 9.10. The van der Waals surface area contributed by atoms with Gasteiger partial charge in [0.25, 0.3) is 0 Å². The number of ether oxygens (including phenoxy) is 1. The highest BCUT2D eigenvalue weighted by Gasteiger charge is 2.17. The van der Waals surface area contributed by atoms with Gasteiger partial charge in [0.15, 0.2) is 0 Å². The first-order chi connectivity index (χ1) is 6.38. The Kier molecular flexibility index (Phi) is 3.22. The topological polar surface area (TPSA) is 21.3 Å². The van der Waals surface area contributed by atoms with E-state index in [2.05, 4.69) is 11.4 Å². The minimum absolute atomic E-state index is 0.279. The maximum atomic E-state index is 6.05. The van der Waals surface area contributed by atoms with E-state index in [9.17, 15) is 0 Å². The van der Waals surface area contributed by atoms with Crippen LogP contribution in [0.2, 0.25) is 4.34 Å². The first-order valence-corrected chi connectivity index (χ1v) is 5.67. The van der Waals surface area contributed by atoms with Crippen molar-refractivity contribution in [3.05, 3.63) is 21.3 Å². The maximum absolute atomic E-state index is 6.05. The van der Waals surface area contributed by atoms with E-state index in [-0.39, 0.29) is 6.04 Å². The summed E-state index contributed by atoms with van der Waals surface area (Å²) in [6.07, 6.45) is 1.08. The van der Waals surface area contributed by atoms with Crippen LogP contribution in [0.5, 0.6) is 0 Å². The fourth-order valence-corrected chi connectivity index (χ4v) is 2.49. The Morgan fingerprint density at radius 3 is 3.31 bits per heavy atom. The van der Waals surface area contributed by atoms with Gasteiger partial charge in [0.2, 0.25) is 0 Å². The molecule has 0 saturated carbocycles. The third kappa shape index (κ3) is 2.23. The Bertz CT molecular complexity index is 268. The number of halogens is 1. The normalized spacial score (nSPS) is 24.2. The second kappa shape index (κ2) is 4.42. The molecule has 2 heterocycles. The summed E-state index contributed by atoms with van der Waals surface area (Å²) in [5.41, 5.74) is 1.17. The van der Waals surface area contributed by atoms with Crippen LogP contribution in [0.3, 0.4) is 0 Å². The number of hydrogen-bond donors (Lipinski definition) is 1. The fourth-order valence-electron chi connectivity index (χ4n) is 1.46. The van der Waals surface area contributed by atoms with E-state index in [1.807, 2.05) is 5.38 Å². The third-order valence-corrected chi connectivity index (χ3v) is 3.36. The Labute approximate surface area is 86.9 Å². The summed E-state index contributed by atoms with van der Waals surface area (Å²) >= 11 is 7.62. The second-order valence-corrected chi connectivity index (χ2v) is 4.60. The molecule has 0 aromatic carbocycles. The maximum Gasteiger partial charge on any atom is 0.0977 e. The van der Waals surface area contributed by atoms with Crippen LogP contribution in [0, 0.1) is 0 Å². The van der Waals surface area contributed by atoms with Crippen molar-refractivity contribution in [2.45, 2.75) is 12.5 Å². The van der Waals surface area contributed by atoms with Gasteiger partial charge in [0, 0.05) is 12.2 Å². The molecule has 72 valence electrons. The molecular formula is C9H12ClNOS. The number of hydrogen-bond acceptors (Lipinski definition) is 3. The van der Waals surface area contributed by atoms with Gasteiger partial charge in [0.1, 0.15) is 0 Å². The van der Waals surface area contributed by atoms with E-state index in [0.717, 1.165) is 30.5 Å². The van der Waals surface area contributed by atoms with E-state index in [4.69, 9.17) is 16.3 Å². The van der Waals surface area contributed by atoms with Gasteiger partial charge in [0.05, 0.1) is 17.0 Å². The Hall–Kier alpha value is -0.0900. The molecule has 1 aliphatic heterocycles. The quantitative estimate of drug-likeness (QED) is 0.781. The van der Waals surface area contributed by atoms with Crippen LogP contribution in [0.1, 0.15) is 18.0 Å². The highest BCUT2D eigenvalue weighted by molar-refractivity contribution is 7.14. The van der Waals surface area contributed by atoms with Crippen molar-refractivity contribution in [3.63, 3.8) is 0 Å². The molecule has 0 amide bonds. The van der Waals surface area contributed by atoms with Crippen LogP contribution in [-0.4, -0.2) is 19.8 Å². The van der Waals surface area contributed by atoms with Crippen molar-refractivity contribution in [2.75, 3.05) is 19.8 Å². The molecule has 0 aliphatic carbocycles. The van der Waals surface area contributed by atoms with Crippen LogP contribution in [0.25, 0.3) is 0 Å². The molecule has 4 heteroatoms. The van der Waals surface area contributed by atoms with E-state index < -0.39 is 0 Å². The minimum Gasteiger partial charge on any atom is -0.379 e. The lowest BCUT2D eigenvalue weighted by Gasteiger charge is -2.14. The summed E-state index contributed by atoms with van der Waals surface area (Å²) in [7, 11) is 0. The zero-order valence-corrected chi connectivity index (χ0v) is 8.83. The zero-order valence-electron chi connectivity index (χ0n) is 7.25. The molecular weight excluding hydrogens is 206 g/mol. The van der Waals surface area contributed by atoms with E-state index in [1.165, 1.54) is 5.56 Å². The molecule has 2 nitrogen and oxygen atoms in total. The predicted octanol–water partition coefficient (Wildman–Crippen LogP) is 2.45. The number of rotatable bonds is 1. The standard InChI is InChI=1S/C9H12ClNOS/c10-9-7(2-5-13-9)8-6-12-4-1-3-11-8/h2,5,8,11H,1,3-4,6H2. The summed E-state index contributed by atoms with van der Waals surface area (Å²) in [6, 6.07) is 2.35. The highest BCUT2D eigenvalue weighted by Crippen LogP contribution is 2.29. The van der Waals surface area contributed by atoms with Crippen LogP contribution < -0.4 is 5.32 Å². The van der Waals surface area contributed by atoms with Crippen molar-refractivity contribution >= 4 is 22.9 Å². The first kappa shape index (κ1) is 9.46. The molecule has 2 rings (SSSR count). The van der Waals surface area contributed by atoms with Crippen LogP contribution in [-0.2, 0) is 4.74 Å². The summed E-state index contributed by atoms with van der Waals surface area (Å²) in [5, 5.41) is 5.44. The summed E-state index contributed by atoms with van der Waals surface area (Å²) in [5.74, 6) is 0. The van der Waals surface area contributed by atoms with Crippen molar-refractivity contribution in [1.29, 1.82) is 0 Å². The molecule has 1 aromatic rings. The Morgan fingerprint density at radius 2 is 2.54 bits per heavy atom. The van der Waals surface area contributed by atoms with Crippen molar-refractivity contribution in [1.82, 2.24) is 5.32 Å². The second-order valence-electron chi connectivity index (χ2n) is 3.08. The lowest BCUT2D eigenvalue weighted by Crippen LogP contribution is -2.23. The van der Waals surface area contributed by atoms with Crippen molar-refractivity contribution < 1.29 is 4.74 Å². The molecule has 1 saturated heterocycles. The lowest BCUT2D eigenvalue weighted by molar-refractivity contribution is 0.131. The first-order valence-electron chi connectivity index (χ1n) is 4.42. The SMILES string of the molecule is Clc1sccc1C1COCCCN1. The lowest BCUT2D eigenvalue weighted by atomic mass is 10.1.